The van der Waals surface area contributed by atoms with Crippen molar-refractivity contribution in [1.29, 1.82) is 0 Å². The van der Waals surface area contributed by atoms with Crippen LogP contribution in [0.3, 0.4) is 0 Å². The highest BCUT2D eigenvalue weighted by Crippen LogP contribution is 2.29. The number of benzene rings is 2. The molecule has 104 valence electrons. The van der Waals surface area contributed by atoms with E-state index in [0.717, 1.165) is 5.56 Å². The van der Waals surface area contributed by atoms with Crippen LogP contribution in [0.4, 0.5) is 8.78 Å². The summed E-state index contributed by atoms with van der Waals surface area (Å²) in [6.07, 6.45) is 0.600. The number of alkyl halides is 2. The number of halogens is 2. The minimum atomic E-state index is -3.10. The number of ether oxygens (including phenoxy) is 1. The van der Waals surface area contributed by atoms with E-state index in [1.54, 1.807) is 30.3 Å². The quantitative estimate of drug-likeness (QED) is 0.772. The Hall–Kier alpha value is -2.23. The topological polar surface area (TPSA) is 26.3 Å². The zero-order chi connectivity index (χ0) is 14.6. The smallest absolute Gasteiger partial charge is 0.306 e. The molecule has 0 radical (unpaired) electrons. The molecule has 0 aliphatic heterocycles. The lowest BCUT2D eigenvalue weighted by Crippen LogP contribution is -2.23. The third-order valence-corrected chi connectivity index (χ3v) is 2.90. The lowest BCUT2D eigenvalue weighted by Gasteiger charge is -2.18. The van der Waals surface area contributed by atoms with Crippen molar-refractivity contribution in [3.05, 3.63) is 65.2 Å². The fourth-order valence-electron chi connectivity index (χ4n) is 1.83. The molecule has 0 bridgehead atoms. The lowest BCUT2D eigenvalue weighted by molar-refractivity contribution is -0.0468. The van der Waals surface area contributed by atoms with Gasteiger partial charge in [0.2, 0.25) is 0 Å². The summed E-state index contributed by atoms with van der Waals surface area (Å²) in [5.74, 6) is -2.94. The summed E-state index contributed by atoms with van der Waals surface area (Å²) in [4.78, 5) is 10.9. The summed E-state index contributed by atoms with van der Waals surface area (Å²) < 4.78 is 33.0. The number of hydrogen-bond donors (Lipinski definition) is 0. The van der Waals surface area contributed by atoms with E-state index in [2.05, 4.69) is 0 Å². The van der Waals surface area contributed by atoms with Gasteiger partial charge in [0.25, 0.3) is 0 Å². The first-order chi connectivity index (χ1) is 9.53. The van der Waals surface area contributed by atoms with Crippen molar-refractivity contribution in [2.75, 3.05) is 6.61 Å². The fraction of sp³-hybridized carbons (Fsp3) is 0.188. The van der Waals surface area contributed by atoms with Crippen molar-refractivity contribution in [2.24, 2.45) is 0 Å². The van der Waals surface area contributed by atoms with E-state index in [1.165, 1.54) is 18.2 Å². The zero-order valence-electron chi connectivity index (χ0n) is 11.0. The Balaban J connectivity index is 2.14. The van der Waals surface area contributed by atoms with Crippen LogP contribution in [0.25, 0.3) is 0 Å². The summed E-state index contributed by atoms with van der Waals surface area (Å²) in [5, 5.41) is 0. The summed E-state index contributed by atoms with van der Waals surface area (Å²) in [5.41, 5.74) is 1.03. The largest absolute Gasteiger partial charge is 0.486 e. The van der Waals surface area contributed by atoms with Gasteiger partial charge in [-0.15, -0.1) is 0 Å². The third kappa shape index (κ3) is 3.20. The molecule has 0 N–H and O–H groups in total. The summed E-state index contributed by atoms with van der Waals surface area (Å²) in [6.45, 7) is 1.01. The third-order valence-electron chi connectivity index (χ3n) is 2.90. The van der Waals surface area contributed by atoms with Crippen molar-refractivity contribution in [3.8, 4) is 5.75 Å². The molecule has 0 spiro atoms. The molecule has 0 saturated carbocycles. The number of carbonyl (C=O) groups excluding carboxylic acids is 1. The molecule has 0 saturated heterocycles. The van der Waals surface area contributed by atoms with Crippen LogP contribution in [-0.4, -0.2) is 12.9 Å². The average molecular weight is 276 g/mol. The van der Waals surface area contributed by atoms with E-state index in [1.807, 2.05) is 6.92 Å². The Labute approximate surface area is 116 Å². The van der Waals surface area contributed by atoms with Gasteiger partial charge in [0.1, 0.15) is 5.75 Å². The second-order valence-corrected chi connectivity index (χ2v) is 4.52. The highest BCUT2D eigenvalue weighted by Gasteiger charge is 2.32. The molecule has 0 aromatic heterocycles. The van der Waals surface area contributed by atoms with E-state index in [4.69, 9.17) is 4.74 Å². The number of carbonyl (C=O) groups is 1. The van der Waals surface area contributed by atoms with Gasteiger partial charge in [-0.3, -0.25) is 4.79 Å². The van der Waals surface area contributed by atoms with Crippen molar-refractivity contribution in [2.45, 2.75) is 12.8 Å². The molecule has 0 unspecified atom stereocenters. The van der Waals surface area contributed by atoms with E-state index in [0.29, 0.717) is 6.29 Å². The van der Waals surface area contributed by atoms with Gasteiger partial charge < -0.3 is 4.74 Å². The molecule has 2 nitrogen and oxygen atoms in total. The second kappa shape index (κ2) is 5.82. The molecule has 2 rings (SSSR count). The SMILES string of the molecule is Cc1ccc(OCC(F)(F)c2ccccc2)c(C=O)c1. The predicted octanol–water partition coefficient (Wildman–Crippen LogP) is 3.98. The van der Waals surface area contributed by atoms with Crippen LogP contribution < -0.4 is 4.74 Å². The maximum absolute atomic E-state index is 13.9. The van der Waals surface area contributed by atoms with Gasteiger partial charge >= 0.3 is 5.92 Å². The van der Waals surface area contributed by atoms with Crippen LogP contribution in [0, 0.1) is 6.92 Å². The molecule has 0 heterocycles. The zero-order valence-corrected chi connectivity index (χ0v) is 11.0. The van der Waals surface area contributed by atoms with E-state index in [9.17, 15) is 13.6 Å². The van der Waals surface area contributed by atoms with Crippen molar-refractivity contribution in [1.82, 2.24) is 0 Å². The molecule has 20 heavy (non-hydrogen) atoms. The maximum Gasteiger partial charge on any atom is 0.306 e. The maximum atomic E-state index is 13.9. The molecular formula is C16H14F2O2. The minimum Gasteiger partial charge on any atom is -0.486 e. The first kappa shape index (κ1) is 14.2. The van der Waals surface area contributed by atoms with Crippen LogP contribution in [0.15, 0.2) is 48.5 Å². The number of rotatable bonds is 5. The van der Waals surface area contributed by atoms with Gasteiger partial charge in [0.15, 0.2) is 12.9 Å². The molecule has 2 aromatic rings. The molecule has 4 heteroatoms. The Morgan fingerprint density at radius 2 is 1.85 bits per heavy atom. The second-order valence-electron chi connectivity index (χ2n) is 4.52. The van der Waals surface area contributed by atoms with Gasteiger partial charge in [0.05, 0.1) is 5.56 Å². The van der Waals surface area contributed by atoms with Gasteiger partial charge in [-0.2, -0.15) is 8.78 Å². The highest BCUT2D eigenvalue weighted by molar-refractivity contribution is 5.79. The summed E-state index contributed by atoms with van der Waals surface area (Å²) in [7, 11) is 0. The van der Waals surface area contributed by atoms with Gasteiger partial charge in [-0.1, -0.05) is 42.0 Å². The number of aldehydes is 1. The van der Waals surface area contributed by atoms with E-state index in [-0.39, 0.29) is 16.9 Å². The molecule has 0 aliphatic rings. The number of hydrogen-bond acceptors (Lipinski definition) is 2. The standard InChI is InChI=1S/C16H14F2O2/c1-12-7-8-15(13(9-12)10-19)20-11-16(17,18)14-5-3-2-4-6-14/h2-10H,11H2,1H3. The summed E-state index contributed by atoms with van der Waals surface area (Å²) in [6, 6.07) is 12.3. The van der Waals surface area contributed by atoms with Crippen LogP contribution in [0.5, 0.6) is 5.75 Å². The van der Waals surface area contributed by atoms with E-state index >= 15 is 0 Å². The van der Waals surface area contributed by atoms with Gasteiger partial charge in [-0.05, 0) is 19.1 Å². The van der Waals surface area contributed by atoms with Crippen LogP contribution >= 0.6 is 0 Å². The van der Waals surface area contributed by atoms with Crippen molar-refractivity contribution in [3.63, 3.8) is 0 Å². The Bertz CT molecular complexity index is 595. The molecule has 2 aromatic carbocycles. The Kier molecular flexibility index (Phi) is 4.13. The first-order valence-corrected chi connectivity index (χ1v) is 6.15. The monoisotopic (exact) mass is 276 g/mol. The highest BCUT2D eigenvalue weighted by atomic mass is 19.3. The molecule has 0 amide bonds. The lowest BCUT2D eigenvalue weighted by atomic mass is 10.1. The number of aryl methyl sites for hydroxylation is 1. The summed E-state index contributed by atoms with van der Waals surface area (Å²) >= 11 is 0. The van der Waals surface area contributed by atoms with E-state index < -0.39 is 12.5 Å². The average Bonchev–Trinajstić information content (AvgIpc) is 2.46. The molecule has 0 fully saturated rings. The van der Waals surface area contributed by atoms with Crippen LogP contribution in [-0.2, 0) is 5.92 Å². The molecule has 0 aliphatic carbocycles. The molecule has 0 atom stereocenters. The van der Waals surface area contributed by atoms with Crippen molar-refractivity contribution >= 4 is 6.29 Å². The van der Waals surface area contributed by atoms with Crippen molar-refractivity contribution < 1.29 is 18.3 Å². The predicted molar refractivity (Wildman–Crippen MR) is 72.4 cm³/mol. The molecular weight excluding hydrogens is 262 g/mol. The fourth-order valence-corrected chi connectivity index (χ4v) is 1.83. The Morgan fingerprint density at radius 3 is 2.50 bits per heavy atom. The first-order valence-electron chi connectivity index (χ1n) is 6.15. The minimum absolute atomic E-state index is 0.111. The normalized spacial score (nSPS) is 11.2. The van der Waals surface area contributed by atoms with Gasteiger partial charge in [0, 0.05) is 5.56 Å². The Morgan fingerprint density at radius 1 is 1.15 bits per heavy atom. The van der Waals surface area contributed by atoms with Crippen LogP contribution in [0.1, 0.15) is 21.5 Å². The van der Waals surface area contributed by atoms with Crippen LogP contribution in [0.2, 0.25) is 0 Å². The van der Waals surface area contributed by atoms with Gasteiger partial charge in [-0.25, -0.2) is 0 Å².